The van der Waals surface area contributed by atoms with Crippen LogP contribution in [0.5, 0.6) is 0 Å². The number of benzene rings is 1. The van der Waals surface area contributed by atoms with E-state index in [9.17, 15) is 9.59 Å². The molecule has 9 nitrogen and oxygen atoms in total. The third kappa shape index (κ3) is 2.96. The van der Waals surface area contributed by atoms with Crippen molar-refractivity contribution in [2.24, 2.45) is 0 Å². The number of aromatic nitrogens is 4. The molecule has 9 heteroatoms. The lowest BCUT2D eigenvalue weighted by molar-refractivity contribution is 0.0704. The lowest BCUT2D eigenvalue weighted by Crippen LogP contribution is -2.38. The summed E-state index contributed by atoms with van der Waals surface area (Å²) in [7, 11) is 3.73. The zero-order chi connectivity index (χ0) is 18.3. The Hall–Kier alpha value is -3.10. The maximum Gasteiger partial charge on any atom is 0.323 e. The minimum absolute atomic E-state index is 0.0353. The zero-order valence-electron chi connectivity index (χ0n) is 14.7. The molecular weight excluding hydrogens is 336 g/mol. The average molecular weight is 356 g/mol. The number of carbonyl (C=O) groups excluding carboxylic acids is 1. The second kappa shape index (κ2) is 6.32. The number of anilines is 1. The number of hydrogen-bond acceptors (Lipinski definition) is 6. The minimum atomic E-state index is -0.276. The Balaban J connectivity index is 1.44. The maximum absolute atomic E-state index is 12.8. The topological polar surface area (TPSA) is 111 Å². The van der Waals surface area contributed by atoms with Crippen molar-refractivity contribution in [1.29, 1.82) is 0 Å². The summed E-state index contributed by atoms with van der Waals surface area (Å²) in [6.45, 7) is 1.26. The number of hydrogen-bond donors (Lipinski definition) is 2. The Labute approximate surface area is 149 Å². The molecule has 0 unspecified atom stereocenters. The number of piperidine rings is 1. The van der Waals surface area contributed by atoms with E-state index in [1.54, 1.807) is 23.1 Å². The van der Waals surface area contributed by atoms with E-state index in [-0.39, 0.29) is 17.5 Å². The summed E-state index contributed by atoms with van der Waals surface area (Å²) in [5.41, 5.74) is 1.62. The van der Waals surface area contributed by atoms with Crippen LogP contribution in [-0.2, 0) is 0 Å². The number of rotatable bonds is 3. The third-order valence-electron chi connectivity index (χ3n) is 4.73. The number of H-pyrrole nitrogens is 2. The molecule has 2 aromatic heterocycles. The summed E-state index contributed by atoms with van der Waals surface area (Å²) >= 11 is 0. The summed E-state index contributed by atoms with van der Waals surface area (Å²) in [5.74, 6) is 1.33. The SMILES string of the molecule is CN(C)c1noc(C2CCN(C(=O)c3ccc4[nH]c(=O)[nH]c4c3)CC2)n1. The molecule has 1 fully saturated rings. The first kappa shape index (κ1) is 16.4. The highest BCUT2D eigenvalue weighted by Gasteiger charge is 2.28. The molecule has 1 amide bonds. The molecule has 0 bridgehead atoms. The largest absolute Gasteiger partial charge is 0.344 e. The summed E-state index contributed by atoms with van der Waals surface area (Å²) in [4.78, 5) is 37.5. The van der Waals surface area contributed by atoms with Crippen molar-refractivity contribution in [2.45, 2.75) is 18.8 Å². The van der Waals surface area contributed by atoms with Crippen LogP contribution in [-0.4, -0.2) is 58.1 Å². The third-order valence-corrected chi connectivity index (χ3v) is 4.73. The number of carbonyl (C=O) groups is 1. The first-order chi connectivity index (χ1) is 12.5. The maximum atomic E-state index is 12.8. The van der Waals surface area contributed by atoms with Crippen LogP contribution < -0.4 is 10.6 Å². The summed E-state index contributed by atoms with van der Waals surface area (Å²) in [6, 6.07) is 5.19. The fourth-order valence-corrected chi connectivity index (χ4v) is 3.25. The molecule has 0 spiro atoms. The number of amides is 1. The molecule has 4 rings (SSSR count). The number of nitrogens with zero attached hydrogens (tertiary/aromatic N) is 4. The predicted molar refractivity (Wildman–Crippen MR) is 95.4 cm³/mol. The Morgan fingerprint density at radius 1 is 1.23 bits per heavy atom. The van der Waals surface area contributed by atoms with Gasteiger partial charge in [0.15, 0.2) is 0 Å². The number of nitrogens with one attached hydrogen (secondary N) is 2. The molecule has 0 radical (unpaired) electrons. The van der Waals surface area contributed by atoms with Crippen LogP contribution in [0.4, 0.5) is 5.95 Å². The molecule has 26 heavy (non-hydrogen) atoms. The molecule has 136 valence electrons. The summed E-state index contributed by atoms with van der Waals surface area (Å²) < 4.78 is 5.35. The Kier molecular flexibility index (Phi) is 3.98. The highest BCUT2D eigenvalue weighted by Crippen LogP contribution is 2.28. The highest BCUT2D eigenvalue weighted by molar-refractivity contribution is 5.97. The van der Waals surface area contributed by atoms with Gasteiger partial charge in [-0.2, -0.15) is 4.98 Å². The molecule has 1 aliphatic rings. The lowest BCUT2D eigenvalue weighted by atomic mass is 9.96. The van der Waals surface area contributed by atoms with Crippen LogP contribution >= 0.6 is 0 Å². The Bertz CT molecular complexity index is 993. The second-order valence-electron chi connectivity index (χ2n) is 6.73. The smallest absolute Gasteiger partial charge is 0.323 e. The number of imidazole rings is 1. The molecule has 0 aliphatic carbocycles. The van der Waals surface area contributed by atoms with Gasteiger partial charge >= 0.3 is 5.69 Å². The van der Waals surface area contributed by atoms with Gasteiger partial charge in [0.2, 0.25) is 5.89 Å². The molecule has 0 saturated carbocycles. The second-order valence-corrected chi connectivity index (χ2v) is 6.73. The predicted octanol–water partition coefficient (Wildman–Crippen LogP) is 1.33. The van der Waals surface area contributed by atoms with Crippen LogP contribution in [0.15, 0.2) is 27.5 Å². The van der Waals surface area contributed by atoms with Crippen molar-refractivity contribution in [1.82, 2.24) is 25.0 Å². The van der Waals surface area contributed by atoms with E-state index < -0.39 is 0 Å². The molecule has 1 saturated heterocycles. The monoisotopic (exact) mass is 356 g/mol. The van der Waals surface area contributed by atoms with Gasteiger partial charge in [0.25, 0.3) is 11.9 Å². The van der Waals surface area contributed by atoms with E-state index in [2.05, 4.69) is 20.1 Å². The van der Waals surface area contributed by atoms with Crippen LogP contribution in [0.2, 0.25) is 0 Å². The standard InChI is InChI=1S/C17H20N6O3/c1-22(2)16-20-14(26-21-16)10-5-7-23(8-6-10)15(24)11-3-4-12-13(9-11)19-17(25)18-12/h3-4,9-10H,5-8H2,1-2H3,(H2,18,19,25). The average Bonchev–Trinajstić information content (AvgIpc) is 3.26. The van der Waals surface area contributed by atoms with E-state index in [4.69, 9.17) is 4.52 Å². The van der Waals surface area contributed by atoms with Crippen molar-refractivity contribution in [3.05, 3.63) is 40.1 Å². The lowest BCUT2D eigenvalue weighted by Gasteiger charge is -2.30. The fourth-order valence-electron chi connectivity index (χ4n) is 3.25. The first-order valence-corrected chi connectivity index (χ1v) is 8.53. The van der Waals surface area contributed by atoms with Gasteiger partial charge in [-0.1, -0.05) is 0 Å². The zero-order valence-corrected chi connectivity index (χ0v) is 14.7. The molecule has 0 atom stereocenters. The van der Waals surface area contributed by atoms with Gasteiger partial charge in [-0.25, -0.2) is 4.79 Å². The van der Waals surface area contributed by atoms with Gasteiger partial charge < -0.3 is 24.3 Å². The van der Waals surface area contributed by atoms with E-state index in [1.807, 2.05) is 19.0 Å². The number of aromatic amines is 2. The normalized spacial score (nSPS) is 15.5. The van der Waals surface area contributed by atoms with Crippen molar-refractivity contribution in [2.75, 3.05) is 32.1 Å². The molecule has 3 heterocycles. The van der Waals surface area contributed by atoms with Gasteiger partial charge in [-0.05, 0) is 36.2 Å². The van der Waals surface area contributed by atoms with E-state index >= 15 is 0 Å². The van der Waals surface area contributed by atoms with Crippen molar-refractivity contribution < 1.29 is 9.32 Å². The van der Waals surface area contributed by atoms with Crippen molar-refractivity contribution in [3.8, 4) is 0 Å². The van der Waals surface area contributed by atoms with Gasteiger partial charge in [0.1, 0.15) is 0 Å². The molecule has 2 N–H and O–H groups in total. The molecule has 1 aliphatic heterocycles. The summed E-state index contributed by atoms with van der Waals surface area (Å²) in [6.07, 6.45) is 1.56. The highest BCUT2D eigenvalue weighted by atomic mass is 16.5. The first-order valence-electron chi connectivity index (χ1n) is 8.53. The number of likely N-dealkylation sites (tertiary alicyclic amines) is 1. The Morgan fingerprint density at radius 3 is 2.65 bits per heavy atom. The van der Waals surface area contributed by atoms with Crippen LogP contribution in [0.1, 0.15) is 35.0 Å². The van der Waals surface area contributed by atoms with Crippen molar-refractivity contribution in [3.63, 3.8) is 0 Å². The van der Waals surface area contributed by atoms with Crippen LogP contribution in [0.3, 0.4) is 0 Å². The Morgan fingerprint density at radius 2 is 1.96 bits per heavy atom. The van der Waals surface area contributed by atoms with Crippen LogP contribution in [0.25, 0.3) is 11.0 Å². The van der Waals surface area contributed by atoms with E-state index in [1.165, 1.54) is 0 Å². The van der Waals surface area contributed by atoms with Gasteiger partial charge in [0.05, 0.1) is 11.0 Å². The van der Waals surface area contributed by atoms with Gasteiger partial charge in [0, 0.05) is 38.7 Å². The number of fused-ring (bicyclic) bond motifs is 1. The minimum Gasteiger partial charge on any atom is -0.344 e. The van der Waals surface area contributed by atoms with Crippen molar-refractivity contribution >= 4 is 22.9 Å². The van der Waals surface area contributed by atoms with E-state index in [0.717, 1.165) is 12.8 Å². The molecule has 3 aromatic rings. The van der Waals surface area contributed by atoms with Gasteiger partial charge in [-0.3, -0.25) is 4.79 Å². The molecule has 1 aromatic carbocycles. The fraction of sp³-hybridized carbons (Fsp3) is 0.412. The van der Waals surface area contributed by atoms with E-state index in [0.29, 0.717) is 41.5 Å². The van der Waals surface area contributed by atoms with Crippen LogP contribution in [0, 0.1) is 0 Å². The summed E-state index contributed by atoms with van der Waals surface area (Å²) in [5, 5.41) is 3.95. The quantitative estimate of drug-likeness (QED) is 0.732. The van der Waals surface area contributed by atoms with Gasteiger partial charge in [-0.15, -0.1) is 0 Å². The molecular formula is C17H20N6O3.